The smallest absolute Gasteiger partial charge is 0.0640 e. The van der Waals surface area contributed by atoms with Crippen molar-refractivity contribution in [2.24, 2.45) is 5.92 Å². The average molecular weight is 329 g/mol. The molecule has 4 heteroatoms. The number of nitrogens with zero attached hydrogens (tertiary/aromatic N) is 1. The zero-order chi connectivity index (χ0) is 15.4. The Morgan fingerprint density at radius 3 is 2.76 bits per heavy atom. The molecule has 1 heterocycles. The standard InChI is InChI=1S/C17H26Cl2N2/c1-12-7-9-21(13(2)11-12)10-8-16(20-3)14-5-4-6-15(18)17(14)19/h4-6,12-13,16,20H,7-11H2,1-3H3. The van der Waals surface area contributed by atoms with Crippen molar-refractivity contribution < 1.29 is 0 Å². The van der Waals surface area contributed by atoms with E-state index in [1.54, 1.807) is 0 Å². The second-order valence-corrected chi connectivity index (χ2v) is 7.07. The first-order valence-corrected chi connectivity index (χ1v) is 8.63. The van der Waals surface area contributed by atoms with Gasteiger partial charge >= 0.3 is 0 Å². The summed E-state index contributed by atoms with van der Waals surface area (Å²) in [5.41, 5.74) is 1.10. The summed E-state index contributed by atoms with van der Waals surface area (Å²) in [5, 5.41) is 4.69. The summed E-state index contributed by atoms with van der Waals surface area (Å²) in [4.78, 5) is 2.60. The first-order chi connectivity index (χ1) is 10.0. The van der Waals surface area contributed by atoms with Gasteiger partial charge in [0.2, 0.25) is 0 Å². The van der Waals surface area contributed by atoms with E-state index in [0.29, 0.717) is 16.1 Å². The molecule has 0 spiro atoms. The second-order valence-electron chi connectivity index (χ2n) is 6.29. The minimum Gasteiger partial charge on any atom is -0.313 e. The fourth-order valence-electron chi connectivity index (χ4n) is 3.33. The van der Waals surface area contributed by atoms with Crippen LogP contribution in [0, 0.1) is 5.92 Å². The van der Waals surface area contributed by atoms with Crippen LogP contribution in [0.3, 0.4) is 0 Å². The van der Waals surface area contributed by atoms with Crippen LogP contribution in [0.2, 0.25) is 10.0 Å². The largest absolute Gasteiger partial charge is 0.313 e. The number of hydrogen-bond acceptors (Lipinski definition) is 2. The van der Waals surface area contributed by atoms with Gasteiger partial charge in [-0.05, 0) is 57.3 Å². The molecule has 1 aliphatic rings. The molecule has 0 radical (unpaired) electrons. The van der Waals surface area contributed by atoms with E-state index in [1.165, 1.54) is 19.4 Å². The number of halogens is 2. The number of nitrogens with one attached hydrogen (secondary N) is 1. The highest BCUT2D eigenvalue weighted by atomic mass is 35.5. The van der Waals surface area contributed by atoms with Crippen molar-refractivity contribution >= 4 is 23.2 Å². The Balaban J connectivity index is 1.98. The zero-order valence-electron chi connectivity index (χ0n) is 13.2. The number of rotatable bonds is 5. The maximum absolute atomic E-state index is 6.35. The number of likely N-dealkylation sites (tertiary alicyclic amines) is 1. The molecule has 2 rings (SSSR count). The molecule has 21 heavy (non-hydrogen) atoms. The van der Waals surface area contributed by atoms with Crippen LogP contribution in [0.4, 0.5) is 0 Å². The summed E-state index contributed by atoms with van der Waals surface area (Å²) in [5.74, 6) is 0.860. The summed E-state index contributed by atoms with van der Waals surface area (Å²) in [6.45, 7) is 7.01. The van der Waals surface area contributed by atoms with Gasteiger partial charge in [-0.1, -0.05) is 42.3 Å². The molecule has 1 aromatic rings. The van der Waals surface area contributed by atoms with Gasteiger partial charge in [0.1, 0.15) is 0 Å². The lowest BCUT2D eigenvalue weighted by atomic mass is 9.93. The maximum atomic E-state index is 6.35. The third-order valence-corrected chi connectivity index (χ3v) is 5.52. The van der Waals surface area contributed by atoms with E-state index < -0.39 is 0 Å². The van der Waals surface area contributed by atoms with E-state index in [4.69, 9.17) is 23.2 Å². The van der Waals surface area contributed by atoms with Gasteiger partial charge in [0.25, 0.3) is 0 Å². The van der Waals surface area contributed by atoms with Crippen LogP contribution in [0.15, 0.2) is 18.2 Å². The lowest BCUT2D eigenvalue weighted by Gasteiger charge is -2.37. The fourth-order valence-corrected chi connectivity index (χ4v) is 3.77. The highest BCUT2D eigenvalue weighted by Crippen LogP contribution is 2.32. The van der Waals surface area contributed by atoms with E-state index in [1.807, 2.05) is 19.2 Å². The molecule has 3 atom stereocenters. The highest BCUT2D eigenvalue weighted by molar-refractivity contribution is 6.42. The van der Waals surface area contributed by atoms with Crippen molar-refractivity contribution in [3.05, 3.63) is 33.8 Å². The first-order valence-electron chi connectivity index (χ1n) is 7.88. The van der Waals surface area contributed by atoms with Gasteiger partial charge in [0.15, 0.2) is 0 Å². The Kier molecular flexibility index (Phi) is 6.36. The van der Waals surface area contributed by atoms with Crippen molar-refractivity contribution in [3.8, 4) is 0 Å². The third kappa shape index (κ3) is 4.35. The molecule has 1 fully saturated rings. The Morgan fingerprint density at radius 2 is 2.10 bits per heavy atom. The number of piperidine rings is 1. The van der Waals surface area contributed by atoms with Gasteiger partial charge in [0.05, 0.1) is 10.0 Å². The quantitative estimate of drug-likeness (QED) is 0.837. The van der Waals surface area contributed by atoms with E-state index >= 15 is 0 Å². The molecule has 1 aromatic carbocycles. The lowest BCUT2D eigenvalue weighted by Crippen LogP contribution is -2.41. The van der Waals surface area contributed by atoms with Crippen molar-refractivity contribution in [1.29, 1.82) is 0 Å². The predicted molar refractivity (Wildman–Crippen MR) is 92.3 cm³/mol. The Morgan fingerprint density at radius 1 is 1.33 bits per heavy atom. The monoisotopic (exact) mass is 328 g/mol. The Bertz CT molecular complexity index is 464. The zero-order valence-corrected chi connectivity index (χ0v) is 14.7. The van der Waals surface area contributed by atoms with Crippen LogP contribution in [0.25, 0.3) is 0 Å². The maximum Gasteiger partial charge on any atom is 0.0640 e. The van der Waals surface area contributed by atoms with Crippen LogP contribution >= 0.6 is 23.2 Å². The van der Waals surface area contributed by atoms with Crippen molar-refractivity contribution in [2.45, 2.75) is 45.2 Å². The molecule has 0 bridgehead atoms. The summed E-state index contributed by atoms with van der Waals surface area (Å²) < 4.78 is 0. The lowest BCUT2D eigenvalue weighted by molar-refractivity contribution is 0.124. The first kappa shape index (κ1) is 17.1. The van der Waals surface area contributed by atoms with Crippen LogP contribution in [0.5, 0.6) is 0 Å². The van der Waals surface area contributed by atoms with E-state index in [0.717, 1.165) is 24.4 Å². The topological polar surface area (TPSA) is 15.3 Å². The summed E-state index contributed by atoms with van der Waals surface area (Å²) in [6.07, 6.45) is 3.67. The van der Waals surface area contributed by atoms with E-state index in [2.05, 4.69) is 30.1 Å². The summed E-state index contributed by atoms with van der Waals surface area (Å²) in [7, 11) is 1.99. The average Bonchev–Trinajstić information content (AvgIpc) is 2.45. The SMILES string of the molecule is CNC(CCN1CCC(C)CC1C)c1cccc(Cl)c1Cl. The van der Waals surface area contributed by atoms with Crippen LogP contribution < -0.4 is 5.32 Å². The third-order valence-electron chi connectivity index (χ3n) is 4.69. The van der Waals surface area contributed by atoms with Gasteiger partial charge in [-0.2, -0.15) is 0 Å². The minimum atomic E-state index is 0.253. The highest BCUT2D eigenvalue weighted by Gasteiger charge is 2.24. The molecule has 2 nitrogen and oxygen atoms in total. The Hall–Kier alpha value is -0.280. The molecule has 0 saturated carbocycles. The molecule has 1 N–H and O–H groups in total. The van der Waals surface area contributed by atoms with Gasteiger partial charge in [-0.3, -0.25) is 0 Å². The molecule has 0 aliphatic carbocycles. The molecule has 0 aromatic heterocycles. The van der Waals surface area contributed by atoms with Gasteiger partial charge in [-0.25, -0.2) is 0 Å². The van der Waals surface area contributed by atoms with Gasteiger partial charge < -0.3 is 10.2 Å². The molecule has 1 saturated heterocycles. The molecular formula is C17H26Cl2N2. The second kappa shape index (κ2) is 7.82. The summed E-state index contributed by atoms with van der Waals surface area (Å²) in [6, 6.07) is 6.81. The molecule has 3 unspecified atom stereocenters. The minimum absolute atomic E-state index is 0.253. The van der Waals surface area contributed by atoms with Crippen molar-refractivity contribution in [3.63, 3.8) is 0 Å². The molecule has 1 aliphatic heterocycles. The summed E-state index contributed by atoms with van der Waals surface area (Å²) >= 11 is 12.5. The van der Waals surface area contributed by atoms with Crippen molar-refractivity contribution in [1.82, 2.24) is 10.2 Å². The molecule has 118 valence electrons. The molecule has 0 amide bonds. The predicted octanol–water partition coefficient (Wildman–Crippen LogP) is 4.76. The number of benzene rings is 1. The van der Waals surface area contributed by atoms with Crippen LogP contribution in [-0.4, -0.2) is 31.1 Å². The Labute approximate surface area is 138 Å². The van der Waals surface area contributed by atoms with Gasteiger partial charge in [-0.15, -0.1) is 0 Å². The van der Waals surface area contributed by atoms with E-state index in [9.17, 15) is 0 Å². The van der Waals surface area contributed by atoms with E-state index in [-0.39, 0.29) is 6.04 Å². The van der Waals surface area contributed by atoms with Crippen LogP contribution in [0.1, 0.15) is 44.7 Å². The fraction of sp³-hybridized carbons (Fsp3) is 0.647. The van der Waals surface area contributed by atoms with Crippen LogP contribution in [-0.2, 0) is 0 Å². The normalized spacial score (nSPS) is 25.0. The van der Waals surface area contributed by atoms with Gasteiger partial charge in [0, 0.05) is 18.6 Å². The number of hydrogen-bond donors (Lipinski definition) is 1. The van der Waals surface area contributed by atoms with Crippen molar-refractivity contribution in [2.75, 3.05) is 20.1 Å². The molecular weight excluding hydrogens is 303 g/mol.